The van der Waals surface area contributed by atoms with Crippen molar-refractivity contribution in [1.82, 2.24) is 0 Å². The number of methoxy groups -OCH3 is 1. The Kier molecular flexibility index (Phi) is 4.40. The number of benzene rings is 2. The molecular formula is C15H15O4P. The molecule has 0 aliphatic rings. The van der Waals surface area contributed by atoms with E-state index in [0.29, 0.717) is 0 Å². The molecule has 2 aromatic rings. The molecule has 5 heteroatoms. The molecule has 0 spiro atoms. The predicted molar refractivity (Wildman–Crippen MR) is 80.0 cm³/mol. The van der Waals surface area contributed by atoms with E-state index >= 15 is 0 Å². The molecule has 0 radical (unpaired) electrons. The zero-order chi connectivity index (χ0) is 14.6. The van der Waals surface area contributed by atoms with Crippen LogP contribution in [0.5, 0.6) is 5.75 Å². The van der Waals surface area contributed by atoms with Crippen LogP contribution in [0.25, 0.3) is 12.2 Å². The van der Waals surface area contributed by atoms with E-state index < -0.39 is 7.60 Å². The van der Waals surface area contributed by atoms with Crippen LogP contribution in [0.1, 0.15) is 11.1 Å². The van der Waals surface area contributed by atoms with Crippen LogP contribution in [-0.4, -0.2) is 16.9 Å². The molecular weight excluding hydrogens is 275 g/mol. The van der Waals surface area contributed by atoms with Gasteiger partial charge in [-0.15, -0.1) is 0 Å². The molecule has 0 bridgehead atoms. The van der Waals surface area contributed by atoms with Gasteiger partial charge < -0.3 is 14.5 Å². The molecule has 0 unspecified atom stereocenters. The Balaban J connectivity index is 2.12. The molecule has 0 fully saturated rings. The third-order valence-corrected chi connectivity index (χ3v) is 3.78. The van der Waals surface area contributed by atoms with Crippen molar-refractivity contribution in [3.05, 3.63) is 59.7 Å². The highest BCUT2D eigenvalue weighted by Crippen LogP contribution is 2.32. The Morgan fingerprint density at radius 2 is 1.35 bits per heavy atom. The van der Waals surface area contributed by atoms with Crippen LogP contribution in [0, 0.1) is 0 Å². The first-order valence-corrected chi connectivity index (χ1v) is 7.58. The van der Waals surface area contributed by atoms with Crippen LogP contribution in [0.15, 0.2) is 48.5 Å². The zero-order valence-electron chi connectivity index (χ0n) is 10.9. The Morgan fingerprint density at radius 3 is 1.75 bits per heavy atom. The van der Waals surface area contributed by atoms with Gasteiger partial charge in [0.2, 0.25) is 0 Å². The lowest BCUT2D eigenvalue weighted by Crippen LogP contribution is -2.02. The molecule has 0 heterocycles. The van der Waals surface area contributed by atoms with Crippen molar-refractivity contribution in [2.75, 3.05) is 7.11 Å². The smallest absolute Gasteiger partial charge is 0.356 e. The number of hydrogen-bond donors (Lipinski definition) is 2. The summed E-state index contributed by atoms with van der Waals surface area (Å²) in [5.74, 6) is 0.799. The molecule has 2 aromatic carbocycles. The van der Waals surface area contributed by atoms with E-state index in [1.165, 1.54) is 12.1 Å². The van der Waals surface area contributed by atoms with E-state index in [0.717, 1.165) is 16.9 Å². The highest BCUT2D eigenvalue weighted by atomic mass is 31.2. The Labute approximate surface area is 117 Å². The topological polar surface area (TPSA) is 66.8 Å². The summed E-state index contributed by atoms with van der Waals surface area (Å²) < 4.78 is 16.1. The van der Waals surface area contributed by atoms with Crippen LogP contribution in [0.3, 0.4) is 0 Å². The summed E-state index contributed by atoms with van der Waals surface area (Å²) in [5, 5.41) is 0.0269. The molecule has 0 amide bonds. The summed E-state index contributed by atoms with van der Waals surface area (Å²) in [6.07, 6.45) is 3.80. The van der Waals surface area contributed by atoms with Gasteiger partial charge in [-0.1, -0.05) is 36.4 Å². The highest BCUT2D eigenvalue weighted by Gasteiger charge is 2.15. The molecule has 0 aliphatic heterocycles. The lowest BCUT2D eigenvalue weighted by Gasteiger charge is -2.03. The van der Waals surface area contributed by atoms with Crippen molar-refractivity contribution in [3.63, 3.8) is 0 Å². The molecule has 0 aliphatic carbocycles. The summed E-state index contributed by atoms with van der Waals surface area (Å²) in [7, 11) is -2.54. The second kappa shape index (κ2) is 6.06. The highest BCUT2D eigenvalue weighted by molar-refractivity contribution is 7.60. The maximum absolute atomic E-state index is 11.0. The Bertz CT molecular complexity index is 639. The van der Waals surface area contributed by atoms with Gasteiger partial charge in [-0.25, -0.2) is 0 Å². The number of hydrogen-bond acceptors (Lipinski definition) is 2. The van der Waals surface area contributed by atoms with Crippen LogP contribution in [-0.2, 0) is 4.57 Å². The molecule has 0 saturated heterocycles. The van der Waals surface area contributed by atoms with Crippen molar-refractivity contribution in [3.8, 4) is 5.75 Å². The molecule has 104 valence electrons. The lowest BCUT2D eigenvalue weighted by molar-refractivity contribution is 0.387. The van der Waals surface area contributed by atoms with Crippen molar-refractivity contribution < 1.29 is 19.1 Å². The van der Waals surface area contributed by atoms with Gasteiger partial charge in [0.25, 0.3) is 0 Å². The standard InChI is InChI=1S/C15H15O4P/c1-19-14-8-4-12(5-9-14)2-3-13-6-10-15(11-7-13)20(16,17)18/h2-11H,1H3,(H2,16,17,18)/b3-2+. The van der Waals surface area contributed by atoms with Gasteiger partial charge in [0, 0.05) is 0 Å². The fourth-order valence-corrected chi connectivity index (χ4v) is 2.22. The fourth-order valence-electron chi connectivity index (χ4n) is 1.69. The largest absolute Gasteiger partial charge is 0.497 e. The Hall–Kier alpha value is -1.87. The van der Waals surface area contributed by atoms with Gasteiger partial charge in [0.15, 0.2) is 0 Å². The molecule has 4 nitrogen and oxygen atoms in total. The van der Waals surface area contributed by atoms with Gasteiger partial charge in [-0.3, -0.25) is 4.57 Å². The average Bonchev–Trinajstić information content (AvgIpc) is 2.45. The van der Waals surface area contributed by atoms with Crippen molar-refractivity contribution in [2.24, 2.45) is 0 Å². The van der Waals surface area contributed by atoms with Gasteiger partial charge >= 0.3 is 7.60 Å². The maximum Gasteiger partial charge on any atom is 0.356 e. The van der Waals surface area contributed by atoms with Crippen LogP contribution < -0.4 is 10.0 Å². The van der Waals surface area contributed by atoms with Crippen molar-refractivity contribution >= 4 is 25.1 Å². The first-order chi connectivity index (χ1) is 9.49. The first kappa shape index (κ1) is 14.5. The summed E-state index contributed by atoms with van der Waals surface area (Å²) >= 11 is 0. The lowest BCUT2D eigenvalue weighted by atomic mass is 10.1. The van der Waals surface area contributed by atoms with E-state index in [4.69, 9.17) is 14.5 Å². The summed E-state index contributed by atoms with van der Waals surface area (Å²) in [5.41, 5.74) is 1.89. The molecule has 0 atom stereocenters. The summed E-state index contributed by atoms with van der Waals surface area (Å²) in [6, 6.07) is 13.8. The third kappa shape index (κ3) is 3.81. The SMILES string of the molecule is COc1ccc(/C=C/c2ccc(P(=O)(O)O)cc2)cc1. The van der Waals surface area contributed by atoms with E-state index in [1.54, 1.807) is 19.2 Å². The van der Waals surface area contributed by atoms with Crippen LogP contribution in [0.2, 0.25) is 0 Å². The fraction of sp³-hybridized carbons (Fsp3) is 0.0667. The van der Waals surface area contributed by atoms with Gasteiger partial charge in [-0.05, 0) is 35.4 Å². The minimum Gasteiger partial charge on any atom is -0.497 e. The maximum atomic E-state index is 11.0. The predicted octanol–water partition coefficient (Wildman–Crippen LogP) is 2.67. The summed E-state index contributed by atoms with van der Waals surface area (Å²) in [6.45, 7) is 0. The van der Waals surface area contributed by atoms with Crippen molar-refractivity contribution in [1.29, 1.82) is 0 Å². The minimum absolute atomic E-state index is 0.0269. The molecule has 20 heavy (non-hydrogen) atoms. The van der Waals surface area contributed by atoms with Gasteiger partial charge in [-0.2, -0.15) is 0 Å². The molecule has 2 N–H and O–H groups in total. The van der Waals surface area contributed by atoms with Gasteiger partial charge in [0.1, 0.15) is 5.75 Å². The van der Waals surface area contributed by atoms with E-state index in [1.807, 2.05) is 36.4 Å². The zero-order valence-corrected chi connectivity index (χ0v) is 11.8. The Morgan fingerprint density at radius 1 is 0.900 bits per heavy atom. The third-order valence-electron chi connectivity index (χ3n) is 2.81. The quantitative estimate of drug-likeness (QED) is 0.671. The second-order valence-electron chi connectivity index (χ2n) is 4.24. The normalized spacial score (nSPS) is 11.8. The molecule has 0 saturated carbocycles. The second-order valence-corrected chi connectivity index (χ2v) is 5.85. The van der Waals surface area contributed by atoms with E-state index in [9.17, 15) is 4.57 Å². The van der Waals surface area contributed by atoms with E-state index in [2.05, 4.69) is 0 Å². The van der Waals surface area contributed by atoms with Crippen molar-refractivity contribution in [2.45, 2.75) is 0 Å². The minimum atomic E-state index is -4.16. The summed E-state index contributed by atoms with van der Waals surface area (Å²) in [4.78, 5) is 18.0. The van der Waals surface area contributed by atoms with Gasteiger partial charge in [0.05, 0.1) is 12.4 Å². The average molecular weight is 290 g/mol. The number of rotatable bonds is 4. The number of ether oxygens (including phenoxy) is 1. The van der Waals surface area contributed by atoms with Crippen LogP contribution >= 0.6 is 7.60 Å². The molecule has 0 aromatic heterocycles. The molecule has 2 rings (SSSR count). The van der Waals surface area contributed by atoms with Crippen LogP contribution in [0.4, 0.5) is 0 Å². The first-order valence-electron chi connectivity index (χ1n) is 5.97. The monoisotopic (exact) mass is 290 g/mol. The van der Waals surface area contributed by atoms with E-state index in [-0.39, 0.29) is 5.30 Å².